The summed E-state index contributed by atoms with van der Waals surface area (Å²) in [4.78, 5) is 13.3. The number of rotatable bonds is 7. The highest BCUT2D eigenvalue weighted by molar-refractivity contribution is 5.78. The molecular weight excluding hydrogens is 178 g/mol. The lowest BCUT2D eigenvalue weighted by atomic mass is 10.1. The molecule has 0 spiro atoms. The summed E-state index contributed by atoms with van der Waals surface area (Å²) in [7, 11) is 0. The highest BCUT2D eigenvalue weighted by Gasteiger charge is 2.50. The topological polar surface area (TPSA) is 40.5 Å². The van der Waals surface area contributed by atoms with Gasteiger partial charge in [-0.15, -0.1) is 0 Å². The molecule has 1 fully saturated rings. The number of nitrogens with zero attached hydrogens (tertiary/aromatic N) is 1. The molecule has 0 unspecified atom stereocenters. The second-order valence-electron chi connectivity index (χ2n) is 4.36. The molecule has 1 N–H and O–H groups in total. The molecule has 0 aromatic heterocycles. The van der Waals surface area contributed by atoms with Gasteiger partial charge in [-0.25, -0.2) is 0 Å². The van der Waals surface area contributed by atoms with E-state index in [0.717, 1.165) is 45.3 Å². The van der Waals surface area contributed by atoms with E-state index in [-0.39, 0.29) is 5.41 Å². The molecule has 82 valence electrons. The Balaban J connectivity index is 2.42. The van der Waals surface area contributed by atoms with Crippen LogP contribution in [0.4, 0.5) is 0 Å². The lowest BCUT2D eigenvalue weighted by Crippen LogP contribution is -2.35. The molecule has 0 bridgehead atoms. The number of carbonyl (C=O) groups is 1. The Morgan fingerprint density at radius 3 is 2.07 bits per heavy atom. The maximum Gasteiger partial charge on any atom is 0.310 e. The third kappa shape index (κ3) is 2.71. The fourth-order valence-corrected chi connectivity index (χ4v) is 1.92. The van der Waals surface area contributed by atoms with Gasteiger partial charge < -0.3 is 10.0 Å². The number of carboxylic acids is 1. The van der Waals surface area contributed by atoms with E-state index < -0.39 is 5.97 Å². The number of carboxylic acid groups (broad SMARTS) is 1. The lowest BCUT2D eigenvalue weighted by molar-refractivity contribution is -0.144. The van der Waals surface area contributed by atoms with Gasteiger partial charge in [0.25, 0.3) is 0 Å². The van der Waals surface area contributed by atoms with Crippen molar-refractivity contribution in [2.45, 2.75) is 39.5 Å². The van der Waals surface area contributed by atoms with Crippen molar-refractivity contribution in [3.63, 3.8) is 0 Å². The zero-order chi connectivity index (χ0) is 10.6. The summed E-state index contributed by atoms with van der Waals surface area (Å²) < 4.78 is 0. The average molecular weight is 199 g/mol. The van der Waals surface area contributed by atoms with Gasteiger partial charge in [-0.2, -0.15) is 0 Å². The van der Waals surface area contributed by atoms with E-state index in [1.54, 1.807) is 0 Å². The van der Waals surface area contributed by atoms with Crippen molar-refractivity contribution < 1.29 is 9.90 Å². The first kappa shape index (κ1) is 11.5. The van der Waals surface area contributed by atoms with Gasteiger partial charge in [0.05, 0.1) is 5.41 Å². The Morgan fingerprint density at radius 2 is 1.79 bits per heavy atom. The van der Waals surface area contributed by atoms with Crippen molar-refractivity contribution in [3.8, 4) is 0 Å². The van der Waals surface area contributed by atoms with E-state index in [1.807, 2.05) is 0 Å². The fraction of sp³-hybridized carbons (Fsp3) is 0.909. The smallest absolute Gasteiger partial charge is 0.310 e. The molecule has 14 heavy (non-hydrogen) atoms. The third-order valence-corrected chi connectivity index (χ3v) is 2.91. The van der Waals surface area contributed by atoms with Crippen molar-refractivity contribution in [2.75, 3.05) is 19.6 Å². The van der Waals surface area contributed by atoms with Gasteiger partial charge in [-0.05, 0) is 38.8 Å². The number of hydrogen-bond acceptors (Lipinski definition) is 2. The van der Waals surface area contributed by atoms with Gasteiger partial charge in [0, 0.05) is 6.54 Å². The van der Waals surface area contributed by atoms with Crippen LogP contribution in [0.5, 0.6) is 0 Å². The molecule has 0 saturated heterocycles. The molecule has 1 aliphatic carbocycles. The van der Waals surface area contributed by atoms with E-state index in [4.69, 9.17) is 5.11 Å². The summed E-state index contributed by atoms with van der Waals surface area (Å²) in [5.74, 6) is -0.602. The third-order valence-electron chi connectivity index (χ3n) is 2.91. The van der Waals surface area contributed by atoms with Crippen molar-refractivity contribution in [3.05, 3.63) is 0 Å². The molecule has 0 amide bonds. The Hall–Kier alpha value is -0.570. The molecule has 1 aliphatic rings. The maximum atomic E-state index is 11.0. The first-order chi connectivity index (χ1) is 6.64. The van der Waals surface area contributed by atoms with Crippen molar-refractivity contribution in [1.29, 1.82) is 0 Å². The van der Waals surface area contributed by atoms with E-state index in [9.17, 15) is 4.79 Å². The second-order valence-corrected chi connectivity index (χ2v) is 4.36. The van der Waals surface area contributed by atoms with Gasteiger partial charge in [0.2, 0.25) is 0 Å². The lowest BCUT2D eigenvalue weighted by Gasteiger charge is -2.24. The molecule has 0 aromatic rings. The largest absolute Gasteiger partial charge is 0.481 e. The van der Waals surface area contributed by atoms with Gasteiger partial charge in [-0.3, -0.25) is 4.79 Å². The Labute approximate surface area is 86.1 Å². The van der Waals surface area contributed by atoms with Crippen LogP contribution in [0.15, 0.2) is 0 Å². The monoisotopic (exact) mass is 199 g/mol. The molecule has 0 aliphatic heterocycles. The molecule has 3 heteroatoms. The van der Waals surface area contributed by atoms with Crippen LogP contribution in [0.3, 0.4) is 0 Å². The minimum Gasteiger partial charge on any atom is -0.481 e. The van der Waals surface area contributed by atoms with E-state index >= 15 is 0 Å². The summed E-state index contributed by atoms with van der Waals surface area (Å²) in [6, 6.07) is 0. The van der Waals surface area contributed by atoms with Gasteiger partial charge in [0.15, 0.2) is 0 Å². The minimum atomic E-state index is -0.602. The standard InChI is InChI=1S/C11H21NO2/c1-3-7-12(8-4-2)9-11(5-6-11)10(13)14/h3-9H2,1-2H3,(H,13,14). The second kappa shape index (κ2) is 4.78. The van der Waals surface area contributed by atoms with Crippen LogP contribution in [0.1, 0.15) is 39.5 Å². The van der Waals surface area contributed by atoms with Crippen molar-refractivity contribution >= 4 is 5.97 Å². The molecule has 1 saturated carbocycles. The predicted molar refractivity (Wildman–Crippen MR) is 56.3 cm³/mol. The van der Waals surface area contributed by atoms with Crippen molar-refractivity contribution in [1.82, 2.24) is 4.90 Å². The van der Waals surface area contributed by atoms with Crippen LogP contribution >= 0.6 is 0 Å². The Kier molecular flexibility index (Phi) is 3.93. The Morgan fingerprint density at radius 1 is 1.29 bits per heavy atom. The molecule has 0 heterocycles. The van der Waals surface area contributed by atoms with Gasteiger partial charge in [-0.1, -0.05) is 13.8 Å². The van der Waals surface area contributed by atoms with Crippen molar-refractivity contribution in [2.24, 2.45) is 5.41 Å². The summed E-state index contributed by atoms with van der Waals surface area (Å²) in [6.07, 6.45) is 3.95. The summed E-state index contributed by atoms with van der Waals surface area (Å²) in [5.41, 5.74) is -0.385. The molecule has 0 aromatic carbocycles. The molecule has 0 radical (unpaired) electrons. The van der Waals surface area contributed by atoms with Gasteiger partial charge in [0.1, 0.15) is 0 Å². The Bertz CT molecular complexity index is 193. The molecular formula is C11H21NO2. The van der Waals surface area contributed by atoms with E-state index in [2.05, 4.69) is 18.7 Å². The first-order valence-electron chi connectivity index (χ1n) is 5.60. The van der Waals surface area contributed by atoms with Crippen LogP contribution in [0.25, 0.3) is 0 Å². The normalized spacial score (nSPS) is 18.5. The minimum absolute atomic E-state index is 0.385. The molecule has 3 nitrogen and oxygen atoms in total. The van der Waals surface area contributed by atoms with Crippen LogP contribution < -0.4 is 0 Å². The highest BCUT2D eigenvalue weighted by Crippen LogP contribution is 2.46. The van der Waals surface area contributed by atoms with Crippen LogP contribution in [0, 0.1) is 5.41 Å². The molecule has 0 atom stereocenters. The highest BCUT2D eigenvalue weighted by atomic mass is 16.4. The quantitative estimate of drug-likeness (QED) is 0.681. The zero-order valence-electron chi connectivity index (χ0n) is 9.25. The SMILES string of the molecule is CCCN(CCC)CC1(C(=O)O)CC1. The number of hydrogen-bond donors (Lipinski definition) is 1. The summed E-state index contributed by atoms with van der Waals surface area (Å²) in [5, 5.41) is 9.06. The van der Waals surface area contributed by atoms with E-state index in [1.165, 1.54) is 0 Å². The zero-order valence-corrected chi connectivity index (χ0v) is 9.25. The molecule has 1 rings (SSSR count). The van der Waals surface area contributed by atoms with Crippen LogP contribution in [0.2, 0.25) is 0 Å². The van der Waals surface area contributed by atoms with Crippen LogP contribution in [-0.2, 0) is 4.79 Å². The fourth-order valence-electron chi connectivity index (χ4n) is 1.92. The van der Waals surface area contributed by atoms with Crippen LogP contribution in [-0.4, -0.2) is 35.6 Å². The number of aliphatic carboxylic acids is 1. The van der Waals surface area contributed by atoms with Gasteiger partial charge >= 0.3 is 5.97 Å². The average Bonchev–Trinajstić information content (AvgIpc) is 2.86. The maximum absolute atomic E-state index is 11.0. The summed E-state index contributed by atoms with van der Waals surface area (Å²) in [6.45, 7) is 7.10. The predicted octanol–water partition coefficient (Wildman–Crippen LogP) is 1.97. The first-order valence-corrected chi connectivity index (χ1v) is 5.60. The van der Waals surface area contributed by atoms with E-state index in [0.29, 0.717) is 0 Å². The summed E-state index contributed by atoms with van der Waals surface area (Å²) >= 11 is 0.